The zero-order chi connectivity index (χ0) is 8.74. The maximum absolute atomic E-state index is 2.31. The normalized spacial score (nSPS) is 11.0. The van der Waals surface area contributed by atoms with Crippen LogP contribution in [0.25, 0.3) is 0 Å². The molecular formula is C10H27N2+. The van der Waals surface area contributed by atoms with E-state index in [4.69, 9.17) is 0 Å². The van der Waals surface area contributed by atoms with Gasteiger partial charge in [0.25, 0.3) is 0 Å². The fraction of sp³-hybridized carbons (Fsp3) is 1.00. The third kappa shape index (κ3) is 8.02. The van der Waals surface area contributed by atoms with Crippen LogP contribution in [0.15, 0.2) is 0 Å². The van der Waals surface area contributed by atoms with Crippen molar-refractivity contribution in [1.29, 1.82) is 0 Å². The summed E-state index contributed by atoms with van der Waals surface area (Å²) in [7, 11) is 4.62. The summed E-state index contributed by atoms with van der Waals surface area (Å²) >= 11 is 0. The Labute approximate surface area is 78.1 Å². The Morgan fingerprint density at radius 1 is 0.917 bits per heavy atom. The third-order valence-electron chi connectivity index (χ3n) is 2.47. The molecule has 0 fully saturated rings. The number of hydrogen-bond acceptors (Lipinski definition) is 1. The summed E-state index contributed by atoms with van der Waals surface area (Å²) in [4.78, 5) is 0. The number of hydrogen-bond donors (Lipinski definition) is 1. The summed E-state index contributed by atoms with van der Waals surface area (Å²) in [5.74, 6) is 0. The highest BCUT2D eigenvalue weighted by Crippen LogP contribution is 2.04. The van der Waals surface area contributed by atoms with Crippen molar-refractivity contribution >= 4 is 0 Å². The van der Waals surface area contributed by atoms with Gasteiger partial charge >= 0.3 is 0 Å². The molecule has 0 aliphatic heterocycles. The Morgan fingerprint density at radius 2 is 1.50 bits per heavy atom. The van der Waals surface area contributed by atoms with E-state index < -0.39 is 0 Å². The van der Waals surface area contributed by atoms with Gasteiger partial charge in [-0.1, -0.05) is 19.8 Å². The summed E-state index contributed by atoms with van der Waals surface area (Å²) in [6.45, 7) is 7.13. The lowest BCUT2D eigenvalue weighted by Gasteiger charge is -2.28. The highest BCUT2D eigenvalue weighted by atomic mass is 15.3. The van der Waals surface area contributed by atoms with Crippen molar-refractivity contribution in [2.24, 2.45) is 0 Å². The molecule has 0 heterocycles. The lowest BCUT2D eigenvalue weighted by atomic mass is 10.2. The van der Waals surface area contributed by atoms with Crippen molar-refractivity contribution < 1.29 is 4.48 Å². The standard InChI is InChI=1S/C10H24N.H3N/c1-5-7-8-9-10-11(3,4)6-2;/h5-10H2,1-4H3;1H3/q+1;. The van der Waals surface area contributed by atoms with E-state index in [1.165, 1.54) is 43.3 Å². The van der Waals surface area contributed by atoms with Crippen molar-refractivity contribution in [3.05, 3.63) is 0 Å². The molecule has 0 saturated carbocycles. The van der Waals surface area contributed by atoms with E-state index >= 15 is 0 Å². The van der Waals surface area contributed by atoms with Crippen LogP contribution in [0.3, 0.4) is 0 Å². The number of quaternary nitrogens is 1. The Hall–Kier alpha value is -0.0800. The molecule has 0 aromatic heterocycles. The van der Waals surface area contributed by atoms with Gasteiger partial charge in [-0.05, 0) is 19.8 Å². The predicted octanol–water partition coefficient (Wildman–Crippen LogP) is 2.83. The predicted molar refractivity (Wildman–Crippen MR) is 56.7 cm³/mol. The van der Waals surface area contributed by atoms with Crippen LogP contribution in [0.4, 0.5) is 0 Å². The highest BCUT2D eigenvalue weighted by molar-refractivity contribution is 4.39. The first-order chi connectivity index (χ1) is 5.12. The van der Waals surface area contributed by atoms with Gasteiger partial charge in [-0.3, -0.25) is 0 Å². The molecule has 0 aromatic rings. The van der Waals surface area contributed by atoms with E-state index in [2.05, 4.69) is 27.9 Å². The number of unbranched alkanes of at least 4 members (excludes halogenated alkanes) is 3. The molecule has 0 spiro atoms. The molecule has 0 atom stereocenters. The van der Waals surface area contributed by atoms with Gasteiger partial charge in [0.2, 0.25) is 0 Å². The largest absolute Gasteiger partial charge is 0.344 e. The van der Waals surface area contributed by atoms with Crippen molar-refractivity contribution in [1.82, 2.24) is 6.15 Å². The first-order valence-electron chi connectivity index (χ1n) is 4.94. The van der Waals surface area contributed by atoms with Crippen molar-refractivity contribution in [3.63, 3.8) is 0 Å². The smallest absolute Gasteiger partial charge is 0.0782 e. The van der Waals surface area contributed by atoms with Gasteiger partial charge in [0.05, 0.1) is 27.2 Å². The second-order valence-corrected chi connectivity index (χ2v) is 4.04. The summed E-state index contributed by atoms with van der Waals surface area (Å²) in [6.07, 6.45) is 5.57. The van der Waals surface area contributed by atoms with E-state index in [9.17, 15) is 0 Å². The Kier molecular flexibility index (Phi) is 9.10. The van der Waals surface area contributed by atoms with E-state index in [-0.39, 0.29) is 6.15 Å². The molecule has 0 unspecified atom stereocenters. The molecule has 0 amide bonds. The molecule has 12 heavy (non-hydrogen) atoms. The van der Waals surface area contributed by atoms with Gasteiger partial charge in [0, 0.05) is 0 Å². The zero-order valence-electron chi connectivity index (χ0n) is 9.40. The highest BCUT2D eigenvalue weighted by Gasteiger charge is 2.09. The van der Waals surface area contributed by atoms with Gasteiger partial charge in [0.1, 0.15) is 0 Å². The molecular weight excluding hydrogens is 148 g/mol. The molecule has 3 N–H and O–H groups in total. The summed E-state index contributed by atoms with van der Waals surface area (Å²) in [6, 6.07) is 0. The Balaban J connectivity index is 0. The van der Waals surface area contributed by atoms with Gasteiger partial charge < -0.3 is 10.6 Å². The van der Waals surface area contributed by atoms with Crippen molar-refractivity contribution in [3.8, 4) is 0 Å². The lowest BCUT2D eigenvalue weighted by molar-refractivity contribution is -0.888. The van der Waals surface area contributed by atoms with Crippen LogP contribution in [-0.2, 0) is 0 Å². The minimum atomic E-state index is 0. The van der Waals surface area contributed by atoms with Gasteiger partial charge in [0.15, 0.2) is 0 Å². The summed E-state index contributed by atoms with van der Waals surface area (Å²) in [5, 5.41) is 0. The second kappa shape index (κ2) is 7.56. The number of nitrogens with zero attached hydrogens (tertiary/aromatic N) is 1. The van der Waals surface area contributed by atoms with Crippen molar-refractivity contribution in [2.75, 3.05) is 27.2 Å². The molecule has 0 aromatic carbocycles. The maximum Gasteiger partial charge on any atom is 0.0782 e. The molecule has 0 bridgehead atoms. The van der Waals surface area contributed by atoms with E-state index in [0.29, 0.717) is 0 Å². The van der Waals surface area contributed by atoms with Crippen LogP contribution in [0, 0.1) is 0 Å². The third-order valence-corrected chi connectivity index (χ3v) is 2.47. The van der Waals surface area contributed by atoms with Crippen LogP contribution < -0.4 is 6.15 Å². The van der Waals surface area contributed by atoms with E-state index in [1.807, 2.05) is 0 Å². The number of rotatable bonds is 6. The minimum absolute atomic E-state index is 0. The monoisotopic (exact) mass is 175 g/mol. The molecule has 0 rings (SSSR count). The van der Waals surface area contributed by atoms with Crippen LogP contribution in [0.1, 0.15) is 39.5 Å². The SMILES string of the molecule is CCCCCC[N+](C)(C)CC.N. The van der Waals surface area contributed by atoms with Crippen LogP contribution in [-0.4, -0.2) is 31.7 Å². The van der Waals surface area contributed by atoms with E-state index in [1.54, 1.807) is 0 Å². The zero-order valence-corrected chi connectivity index (χ0v) is 9.40. The summed E-state index contributed by atoms with van der Waals surface area (Å²) < 4.78 is 1.18. The topological polar surface area (TPSA) is 35.0 Å². The van der Waals surface area contributed by atoms with Crippen LogP contribution in [0.2, 0.25) is 0 Å². The average molecular weight is 175 g/mol. The quantitative estimate of drug-likeness (QED) is 0.489. The van der Waals surface area contributed by atoms with Gasteiger partial charge in [-0.2, -0.15) is 0 Å². The molecule has 0 radical (unpaired) electrons. The molecule has 0 aliphatic carbocycles. The fourth-order valence-electron chi connectivity index (χ4n) is 1.12. The first kappa shape index (κ1) is 14.4. The van der Waals surface area contributed by atoms with Gasteiger partial charge in [-0.15, -0.1) is 0 Å². The van der Waals surface area contributed by atoms with Gasteiger partial charge in [-0.25, -0.2) is 0 Å². The van der Waals surface area contributed by atoms with Crippen LogP contribution in [0.5, 0.6) is 0 Å². The average Bonchev–Trinajstić information content (AvgIpc) is 1.99. The molecule has 76 valence electrons. The van der Waals surface area contributed by atoms with E-state index in [0.717, 1.165) is 0 Å². The second-order valence-electron chi connectivity index (χ2n) is 4.04. The Bertz CT molecular complexity index is 89.8. The molecule has 2 heteroatoms. The summed E-state index contributed by atoms with van der Waals surface area (Å²) in [5.41, 5.74) is 0. The molecule has 0 saturated heterocycles. The lowest BCUT2D eigenvalue weighted by Crippen LogP contribution is -2.39. The van der Waals surface area contributed by atoms with Crippen LogP contribution >= 0.6 is 0 Å². The Morgan fingerprint density at radius 3 is 1.92 bits per heavy atom. The minimum Gasteiger partial charge on any atom is -0.344 e. The maximum atomic E-state index is 2.31. The fourth-order valence-corrected chi connectivity index (χ4v) is 1.12. The molecule has 2 nitrogen and oxygen atoms in total. The first-order valence-corrected chi connectivity index (χ1v) is 4.94. The van der Waals surface area contributed by atoms with Crippen molar-refractivity contribution in [2.45, 2.75) is 39.5 Å². The molecule has 0 aliphatic rings.